The Kier molecular flexibility index (Phi) is 3.68. The summed E-state index contributed by atoms with van der Waals surface area (Å²) in [5, 5.41) is 20.5. The first-order valence-corrected chi connectivity index (χ1v) is 6.16. The van der Waals surface area contributed by atoms with Gasteiger partial charge >= 0.3 is 7.12 Å². The molecule has 0 fully saturated rings. The molecular weight excluding hydrogens is 233 g/mol. The van der Waals surface area contributed by atoms with Crippen molar-refractivity contribution < 1.29 is 14.6 Å². The summed E-state index contributed by atoms with van der Waals surface area (Å²) < 4.78 is 5.51. The van der Waals surface area contributed by atoms with Gasteiger partial charge in [-0.1, -0.05) is 20.3 Å². The molecular formula is C12H16BNO4. The van der Waals surface area contributed by atoms with Crippen LogP contribution in [0.15, 0.2) is 18.2 Å². The highest BCUT2D eigenvalue weighted by molar-refractivity contribution is 6.61. The zero-order valence-corrected chi connectivity index (χ0v) is 10.5. The number of hydrogen-bond acceptors (Lipinski definition) is 4. The number of non-ortho nitro benzene ring substituents is 1. The fourth-order valence-electron chi connectivity index (χ4n) is 2.48. The third-order valence-corrected chi connectivity index (χ3v) is 3.39. The van der Waals surface area contributed by atoms with E-state index in [1.54, 1.807) is 6.07 Å². The van der Waals surface area contributed by atoms with Crippen molar-refractivity contribution in [1.29, 1.82) is 0 Å². The first kappa shape index (κ1) is 13.0. The molecule has 2 unspecified atom stereocenters. The lowest BCUT2D eigenvalue weighted by Crippen LogP contribution is -2.28. The first-order valence-electron chi connectivity index (χ1n) is 6.16. The maximum atomic E-state index is 10.7. The van der Waals surface area contributed by atoms with Gasteiger partial charge < -0.3 is 9.68 Å². The van der Waals surface area contributed by atoms with Crippen molar-refractivity contribution in [2.24, 2.45) is 5.92 Å². The standard InChI is InChI=1S/C12H16BNO4/c1-3-4-8(2)12-10-6-5-9(14(16)17)7-11(10)13(15)18-12/h5-8,12,15H,3-4H2,1-2H3. The van der Waals surface area contributed by atoms with Crippen LogP contribution in [0.2, 0.25) is 0 Å². The number of benzene rings is 1. The Bertz CT molecular complexity index is 465. The number of nitro groups is 1. The van der Waals surface area contributed by atoms with Gasteiger partial charge in [0, 0.05) is 12.1 Å². The third kappa shape index (κ3) is 2.26. The van der Waals surface area contributed by atoms with E-state index in [-0.39, 0.29) is 17.7 Å². The van der Waals surface area contributed by atoms with Crippen LogP contribution in [0.3, 0.4) is 0 Å². The molecule has 0 saturated heterocycles. The van der Waals surface area contributed by atoms with Crippen molar-refractivity contribution in [1.82, 2.24) is 0 Å². The highest BCUT2D eigenvalue weighted by Crippen LogP contribution is 2.33. The smallest absolute Gasteiger partial charge is 0.423 e. The quantitative estimate of drug-likeness (QED) is 0.501. The predicted molar refractivity (Wildman–Crippen MR) is 68.6 cm³/mol. The molecule has 1 aromatic rings. The fraction of sp³-hybridized carbons (Fsp3) is 0.500. The van der Waals surface area contributed by atoms with Crippen LogP contribution in [0.4, 0.5) is 5.69 Å². The van der Waals surface area contributed by atoms with Gasteiger partial charge in [-0.15, -0.1) is 0 Å². The maximum absolute atomic E-state index is 10.7. The fourth-order valence-corrected chi connectivity index (χ4v) is 2.48. The van der Waals surface area contributed by atoms with Gasteiger partial charge in [0.05, 0.1) is 11.0 Å². The molecule has 0 radical (unpaired) electrons. The van der Waals surface area contributed by atoms with Crippen LogP contribution in [0.25, 0.3) is 0 Å². The molecule has 0 spiro atoms. The van der Waals surface area contributed by atoms with E-state index in [2.05, 4.69) is 13.8 Å². The third-order valence-electron chi connectivity index (χ3n) is 3.39. The lowest BCUT2D eigenvalue weighted by atomic mass is 9.78. The lowest BCUT2D eigenvalue weighted by Gasteiger charge is -2.19. The van der Waals surface area contributed by atoms with Gasteiger partial charge in [0.25, 0.3) is 5.69 Å². The molecule has 1 aliphatic rings. The average molecular weight is 249 g/mol. The van der Waals surface area contributed by atoms with Gasteiger partial charge in [0.1, 0.15) is 0 Å². The largest absolute Gasteiger partial charge is 0.492 e. The van der Waals surface area contributed by atoms with E-state index in [1.807, 2.05) is 0 Å². The summed E-state index contributed by atoms with van der Waals surface area (Å²) in [5.74, 6) is 0.285. The minimum Gasteiger partial charge on any atom is -0.423 e. The molecule has 0 aliphatic carbocycles. The van der Waals surface area contributed by atoms with E-state index in [0.29, 0.717) is 5.46 Å². The zero-order chi connectivity index (χ0) is 13.3. The van der Waals surface area contributed by atoms with Crippen molar-refractivity contribution in [3.05, 3.63) is 33.9 Å². The Balaban J connectivity index is 2.33. The Morgan fingerprint density at radius 2 is 2.33 bits per heavy atom. The number of hydrogen-bond donors (Lipinski definition) is 1. The van der Waals surface area contributed by atoms with Gasteiger partial charge in [-0.3, -0.25) is 10.1 Å². The van der Waals surface area contributed by atoms with E-state index in [4.69, 9.17) is 4.65 Å². The molecule has 2 rings (SSSR count). The second-order valence-electron chi connectivity index (χ2n) is 4.75. The van der Waals surface area contributed by atoms with Gasteiger partial charge in [0.15, 0.2) is 0 Å². The normalized spacial score (nSPS) is 19.7. The molecule has 96 valence electrons. The first-order chi connectivity index (χ1) is 8.54. The molecule has 1 aliphatic heterocycles. The van der Waals surface area contributed by atoms with Crippen molar-refractivity contribution in [2.45, 2.75) is 32.8 Å². The zero-order valence-electron chi connectivity index (χ0n) is 10.5. The summed E-state index contributed by atoms with van der Waals surface area (Å²) in [6.07, 6.45) is 1.86. The van der Waals surface area contributed by atoms with Crippen LogP contribution in [0.5, 0.6) is 0 Å². The Morgan fingerprint density at radius 3 is 2.94 bits per heavy atom. The van der Waals surface area contributed by atoms with Gasteiger partial charge in [-0.25, -0.2) is 0 Å². The summed E-state index contributed by atoms with van der Waals surface area (Å²) in [6.45, 7) is 4.16. The molecule has 1 aromatic carbocycles. The van der Waals surface area contributed by atoms with E-state index in [1.165, 1.54) is 12.1 Å². The minimum absolute atomic E-state index is 0.0137. The van der Waals surface area contributed by atoms with Crippen LogP contribution < -0.4 is 5.46 Å². The van der Waals surface area contributed by atoms with Crippen molar-refractivity contribution >= 4 is 18.3 Å². The Hall–Kier alpha value is -1.40. The number of nitro benzene ring substituents is 1. The van der Waals surface area contributed by atoms with Crippen molar-refractivity contribution in [3.8, 4) is 0 Å². The van der Waals surface area contributed by atoms with E-state index in [0.717, 1.165) is 18.4 Å². The molecule has 0 saturated carbocycles. The van der Waals surface area contributed by atoms with Gasteiger partial charge in [0.2, 0.25) is 0 Å². The molecule has 0 aromatic heterocycles. The Labute approximate surface area is 106 Å². The van der Waals surface area contributed by atoms with Crippen LogP contribution >= 0.6 is 0 Å². The minimum atomic E-state index is -1.05. The van der Waals surface area contributed by atoms with E-state index >= 15 is 0 Å². The SMILES string of the molecule is CCCC(C)C1OB(O)c2cc([N+](=O)[O-])ccc21. The highest BCUT2D eigenvalue weighted by atomic mass is 16.6. The van der Waals surface area contributed by atoms with E-state index < -0.39 is 12.0 Å². The van der Waals surface area contributed by atoms with Crippen molar-refractivity contribution in [3.63, 3.8) is 0 Å². The molecule has 5 nitrogen and oxygen atoms in total. The van der Waals surface area contributed by atoms with Crippen LogP contribution in [-0.2, 0) is 4.65 Å². The molecule has 0 amide bonds. The summed E-state index contributed by atoms with van der Waals surface area (Å²) >= 11 is 0. The number of rotatable bonds is 4. The van der Waals surface area contributed by atoms with Crippen LogP contribution in [-0.4, -0.2) is 17.1 Å². The summed E-state index contributed by atoms with van der Waals surface area (Å²) in [5.41, 5.74) is 1.38. The molecule has 6 heteroatoms. The second kappa shape index (κ2) is 5.08. The van der Waals surface area contributed by atoms with Crippen LogP contribution in [0, 0.1) is 16.0 Å². The van der Waals surface area contributed by atoms with E-state index in [9.17, 15) is 15.1 Å². The number of nitrogens with zero attached hydrogens (tertiary/aromatic N) is 1. The average Bonchev–Trinajstić information content (AvgIpc) is 2.67. The topological polar surface area (TPSA) is 72.6 Å². The van der Waals surface area contributed by atoms with Crippen molar-refractivity contribution in [2.75, 3.05) is 0 Å². The molecule has 0 bridgehead atoms. The molecule has 2 atom stereocenters. The molecule has 1 heterocycles. The van der Waals surface area contributed by atoms with Gasteiger partial charge in [-0.05, 0) is 29.4 Å². The predicted octanol–water partition coefficient (Wildman–Crippen LogP) is 1.79. The molecule has 1 N–H and O–H groups in total. The maximum Gasteiger partial charge on any atom is 0.492 e. The highest BCUT2D eigenvalue weighted by Gasteiger charge is 2.38. The van der Waals surface area contributed by atoms with Gasteiger partial charge in [-0.2, -0.15) is 0 Å². The lowest BCUT2D eigenvalue weighted by molar-refractivity contribution is -0.384. The summed E-state index contributed by atoms with van der Waals surface area (Å²) in [6, 6.07) is 4.56. The summed E-state index contributed by atoms with van der Waals surface area (Å²) in [4.78, 5) is 10.2. The summed E-state index contributed by atoms with van der Waals surface area (Å²) in [7, 11) is -1.05. The van der Waals surface area contributed by atoms with Crippen LogP contribution in [0.1, 0.15) is 38.4 Å². The monoisotopic (exact) mass is 249 g/mol. The second-order valence-corrected chi connectivity index (χ2v) is 4.75. The molecule has 18 heavy (non-hydrogen) atoms. The number of fused-ring (bicyclic) bond motifs is 1. The Morgan fingerprint density at radius 1 is 1.61 bits per heavy atom.